The Morgan fingerprint density at radius 3 is 2.82 bits per heavy atom. The Balaban J connectivity index is 2.39. The fraction of sp³-hybridized carbons (Fsp3) is 0.0909. The summed E-state index contributed by atoms with van der Waals surface area (Å²) >= 11 is 3.33. The van der Waals surface area contributed by atoms with Crippen LogP contribution in [0.3, 0.4) is 0 Å². The number of aromatic nitrogens is 2. The zero-order valence-corrected chi connectivity index (χ0v) is 10.6. The maximum absolute atomic E-state index is 8.97. The molecule has 0 unspecified atom stereocenters. The molecule has 2 aromatic rings. The van der Waals surface area contributed by atoms with Gasteiger partial charge in [0.25, 0.3) is 0 Å². The molecule has 1 aromatic heterocycles. The van der Waals surface area contributed by atoms with Crippen molar-refractivity contribution in [3.05, 3.63) is 34.3 Å². The molecule has 0 fully saturated rings. The third-order valence-corrected chi connectivity index (χ3v) is 2.63. The van der Waals surface area contributed by atoms with Crippen molar-refractivity contribution in [3.63, 3.8) is 0 Å². The highest BCUT2D eigenvalue weighted by molar-refractivity contribution is 9.10. The SMILES string of the molecule is Cn1nc(N)cc1Oc1cc(Br)ccc1C#N. The number of hydrogen-bond donors (Lipinski definition) is 1. The highest BCUT2D eigenvalue weighted by Gasteiger charge is 2.09. The summed E-state index contributed by atoms with van der Waals surface area (Å²) in [4.78, 5) is 0. The fourth-order valence-corrected chi connectivity index (χ4v) is 1.69. The summed E-state index contributed by atoms with van der Waals surface area (Å²) in [7, 11) is 1.72. The highest BCUT2D eigenvalue weighted by Crippen LogP contribution is 2.28. The molecule has 0 amide bonds. The lowest BCUT2D eigenvalue weighted by atomic mass is 10.2. The molecule has 2 N–H and O–H groups in total. The van der Waals surface area contributed by atoms with Crippen LogP contribution in [-0.2, 0) is 7.05 Å². The van der Waals surface area contributed by atoms with Crippen molar-refractivity contribution in [1.82, 2.24) is 9.78 Å². The van der Waals surface area contributed by atoms with Gasteiger partial charge in [-0.3, -0.25) is 0 Å². The number of nitrogens with two attached hydrogens (primary N) is 1. The Kier molecular flexibility index (Phi) is 3.02. The van der Waals surface area contributed by atoms with Crippen molar-refractivity contribution < 1.29 is 4.74 Å². The van der Waals surface area contributed by atoms with Crippen LogP contribution < -0.4 is 10.5 Å². The fourth-order valence-electron chi connectivity index (χ4n) is 1.35. The number of nitriles is 1. The molecule has 0 atom stereocenters. The van der Waals surface area contributed by atoms with Crippen LogP contribution in [0.1, 0.15) is 5.56 Å². The van der Waals surface area contributed by atoms with Gasteiger partial charge < -0.3 is 10.5 Å². The van der Waals surface area contributed by atoms with Gasteiger partial charge in [0.05, 0.1) is 5.56 Å². The van der Waals surface area contributed by atoms with Crippen molar-refractivity contribution in [2.45, 2.75) is 0 Å². The second-order valence-electron chi connectivity index (χ2n) is 3.39. The number of anilines is 1. The van der Waals surface area contributed by atoms with Gasteiger partial charge in [0.2, 0.25) is 5.88 Å². The summed E-state index contributed by atoms with van der Waals surface area (Å²) in [5, 5.41) is 12.9. The number of rotatable bonds is 2. The zero-order chi connectivity index (χ0) is 12.4. The molecule has 17 heavy (non-hydrogen) atoms. The molecule has 0 aliphatic heterocycles. The minimum absolute atomic E-state index is 0.371. The lowest BCUT2D eigenvalue weighted by molar-refractivity contribution is 0.429. The van der Waals surface area contributed by atoms with E-state index < -0.39 is 0 Å². The van der Waals surface area contributed by atoms with E-state index in [4.69, 9.17) is 15.7 Å². The van der Waals surface area contributed by atoms with E-state index in [0.717, 1.165) is 4.47 Å². The number of benzene rings is 1. The van der Waals surface area contributed by atoms with E-state index in [-0.39, 0.29) is 0 Å². The van der Waals surface area contributed by atoms with Crippen LogP contribution in [0.25, 0.3) is 0 Å². The summed E-state index contributed by atoms with van der Waals surface area (Å²) in [6.07, 6.45) is 0. The minimum Gasteiger partial charge on any atom is -0.438 e. The van der Waals surface area contributed by atoms with E-state index in [1.807, 2.05) is 0 Å². The molecule has 0 saturated carbocycles. The van der Waals surface area contributed by atoms with Crippen LogP contribution in [0.5, 0.6) is 11.6 Å². The van der Waals surface area contributed by atoms with Gasteiger partial charge in [-0.25, -0.2) is 4.68 Å². The molecule has 0 radical (unpaired) electrons. The van der Waals surface area contributed by atoms with E-state index in [2.05, 4.69) is 27.1 Å². The molecule has 0 saturated heterocycles. The van der Waals surface area contributed by atoms with Crippen LogP contribution in [0.2, 0.25) is 0 Å². The molecule has 5 nitrogen and oxygen atoms in total. The summed E-state index contributed by atoms with van der Waals surface area (Å²) in [6, 6.07) is 8.85. The minimum atomic E-state index is 0.371. The molecule has 1 aromatic carbocycles. The van der Waals surface area contributed by atoms with Crippen molar-refractivity contribution in [1.29, 1.82) is 5.26 Å². The van der Waals surface area contributed by atoms with Crippen LogP contribution in [0.4, 0.5) is 5.82 Å². The first-order valence-corrected chi connectivity index (χ1v) is 5.56. The standard InChI is InChI=1S/C11H9BrN4O/c1-16-11(5-10(14)15-16)17-9-4-8(12)3-2-7(9)6-13/h2-5H,1H3,(H2,14,15). The van der Waals surface area contributed by atoms with Crippen LogP contribution >= 0.6 is 15.9 Å². The van der Waals surface area contributed by atoms with E-state index >= 15 is 0 Å². The average molecular weight is 293 g/mol. The van der Waals surface area contributed by atoms with Crippen molar-refractivity contribution >= 4 is 21.7 Å². The molecule has 0 aliphatic rings. The van der Waals surface area contributed by atoms with Gasteiger partial charge in [0.1, 0.15) is 17.6 Å². The van der Waals surface area contributed by atoms with Crippen LogP contribution in [0, 0.1) is 11.3 Å². The van der Waals surface area contributed by atoms with Gasteiger partial charge in [-0.2, -0.15) is 10.4 Å². The molecule has 86 valence electrons. The van der Waals surface area contributed by atoms with Gasteiger partial charge in [0, 0.05) is 17.6 Å². The lowest BCUT2D eigenvalue weighted by Gasteiger charge is -2.07. The second kappa shape index (κ2) is 4.47. The monoisotopic (exact) mass is 292 g/mol. The molecular formula is C11H9BrN4O. The Bertz CT molecular complexity index is 600. The average Bonchev–Trinajstić information content (AvgIpc) is 2.58. The van der Waals surface area contributed by atoms with E-state index in [1.54, 1.807) is 31.3 Å². The van der Waals surface area contributed by atoms with Crippen LogP contribution in [-0.4, -0.2) is 9.78 Å². The second-order valence-corrected chi connectivity index (χ2v) is 4.30. The van der Waals surface area contributed by atoms with Gasteiger partial charge >= 0.3 is 0 Å². The quantitative estimate of drug-likeness (QED) is 0.922. The zero-order valence-electron chi connectivity index (χ0n) is 9.01. The number of nitrogen functional groups attached to an aromatic ring is 1. The maximum Gasteiger partial charge on any atom is 0.219 e. The predicted molar refractivity (Wildman–Crippen MR) is 66.6 cm³/mol. The molecule has 6 heteroatoms. The summed E-state index contributed by atoms with van der Waals surface area (Å²) in [6.45, 7) is 0. The van der Waals surface area contributed by atoms with Gasteiger partial charge in [0.15, 0.2) is 0 Å². The Labute approximate surface area is 107 Å². The molecule has 0 aliphatic carbocycles. The maximum atomic E-state index is 8.97. The van der Waals surface area contributed by atoms with Gasteiger partial charge in [-0.05, 0) is 18.2 Å². The third kappa shape index (κ3) is 2.40. The van der Waals surface area contributed by atoms with E-state index in [0.29, 0.717) is 23.0 Å². The number of nitrogens with zero attached hydrogens (tertiary/aromatic N) is 3. The number of halogens is 1. The third-order valence-electron chi connectivity index (χ3n) is 2.13. The predicted octanol–water partition coefficient (Wildman–Crippen LogP) is 2.43. The first-order chi connectivity index (χ1) is 8.10. The first-order valence-electron chi connectivity index (χ1n) is 4.77. The van der Waals surface area contributed by atoms with Gasteiger partial charge in [-0.15, -0.1) is 0 Å². The smallest absolute Gasteiger partial charge is 0.219 e. The summed E-state index contributed by atoms with van der Waals surface area (Å²) in [5.74, 6) is 1.32. The first kappa shape index (κ1) is 11.5. The Hall–Kier alpha value is -2.00. The topological polar surface area (TPSA) is 76.9 Å². The van der Waals surface area contributed by atoms with Crippen molar-refractivity contribution in [3.8, 4) is 17.7 Å². The molecule has 2 rings (SSSR count). The summed E-state index contributed by atoms with van der Waals surface area (Å²) < 4.78 is 7.95. The highest BCUT2D eigenvalue weighted by atomic mass is 79.9. The van der Waals surface area contributed by atoms with Crippen molar-refractivity contribution in [2.75, 3.05) is 5.73 Å². The largest absolute Gasteiger partial charge is 0.438 e. The summed E-state index contributed by atoms with van der Waals surface area (Å²) in [5.41, 5.74) is 6.00. The van der Waals surface area contributed by atoms with Gasteiger partial charge in [-0.1, -0.05) is 15.9 Å². The number of hydrogen-bond acceptors (Lipinski definition) is 4. The Morgan fingerprint density at radius 1 is 1.47 bits per heavy atom. The molecule has 0 bridgehead atoms. The van der Waals surface area contributed by atoms with E-state index in [1.165, 1.54) is 4.68 Å². The van der Waals surface area contributed by atoms with Crippen LogP contribution in [0.15, 0.2) is 28.7 Å². The normalized spacial score (nSPS) is 9.94. The molecule has 1 heterocycles. The van der Waals surface area contributed by atoms with E-state index in [9.17, 15) is 0 Å². The number of aryl methyl sites for hydroxylation is 1. The number of ether oxygens (including phenoxy) is 1. The van der Waals surface area contributed by atoms with Crippen molar-refractivity contribution in [2.24, 2.45) is 7.05 Å². The Morgan fingerprint density at radius 2 is 2.24 bits per heavy atom. The lowest BCUT2D eigenvalue weighted by Crippen LogP contribution is -1.96. The molecule has 0 spiro atoms. The molecular weight excluding hydrogens is 284 g/mol.